The molecule has 0 saturated carbocycles. The van der Waals surface area contributed by atoms with Crippen LogP contribution in [0.5, 0.6) is 0 Å². The smallest absolute Gasteiger partial charge is 0.357 e. The maximum atomic E-state index is 13.0. The summed E-state index contributed by atoms with van der Waals surface area (Å²) >= 11 is 0. The molecule has 0 amide bonds. The second kappa shape index (κ2) is 11.4. The predicted molar refractivity (Wildman–Crippen MR) is 123 cm³/mol. The van der Waals surface area contributed by atoms with Gasteiger partial charge in [-0.05, 0) is 31.9 Å². The molecule has 0 radical (unpaired) electrons. The highest BCUT2D eigenvalue weighted by Crippen LogP contribution is 2.32. The van der Waals surface area contributed by atoms with E-state index in [1.165, 1.54) is 12.3 Å². The van der Waals surface area contributed by atoms with Crippen LogP contribution in [0.25, 0.3) is 0 Å². The number of alkyl halides is 3. The molecule has 2 N–H and O–H groups in total. The fraction of sp³-hybridized carbons (Fsp3) is 0.632. The zero-order valence-corrected chi connectivity index (χ0v) is 20.6. The monoisotopic (exact) mass is 549 g/mol. The van der Waals surface area contributed by atoms with E-state index in [1.807, 2.05) is 27.7 Å². The Bertz CT molecular complexity index is 781. The normalized spacial score (nSPS) is 14.1. The van der Waals surface area contributed by atoms with Crippen LogP contribution >= 0.6 is 24.0 Å². The molecule has 0 aliphatic rings. The molecule has 168 valence electrons. The van der Waals surface area contributed by atoms with E-state index >= 15 is 0 Å². The van der Waals surface area contributed by atoms with Crippen molar-refractivity contribution in [2.75, 3.05) is 25.1 Å². The Kier molecular flexibility index (Phi) is 11.0. The molecule has 5 nitrogen and oxygen atoms in total. The number of aliphatic imine (C=N–C) groups is 1. The van der Waals surface area contributed by atoms with Crippen molar-refractivity contribution in [3.05, 3.63) is 35.4 Å². The maximum absolute atomic E-state index is 13.0. The molecule has 0 bridgehead atoms. The van der Waals surface area contributed by atoms with Crippen LogP contribution in [0.1, 0.15) is 45.2 Å². The standard InChI is InChI=1S/C19H30F3N3O2S.HI/c1-6-23-17(25-14(2)10-11-28(5,26)27)24-13-18(3,4)15-8-7-9-16(12-15)19(20,21)22;/h7-9,12,14H,6,10-11,13H2,1-5H3,(H2,23,24,25);1H. The average molecular weight is 549 g/mol. The fourth-order valence-corrected chi connectivity index (χ4v) is 3.28. The van der Waals surface area contributed by atoms with Gasteiger partial charge in [-0.25, -0.2) is 8.42 Å². The zero-order valence-electron chi connectivity index (χ0n) is 17.4. The van der Waals surface area contributed by atoms with E-state index in [9.17, 15) is 21.6 Å². The van der Waals surface area contributed by atoms with Gasteiger partial charge >= 0.3 is 6.18 Å². The summed E-state index contributed by atoms with van der Waals surface area (Å²) in [5, 5.41) is 6.22. The lowest BCUT2D eigenvalue weighted by Crippen LogP contribution is -2.43. The van der Waals surface area contributed by atoms with Gasteiger partial charge in [0.2, 0.25) is 0 Å². The minimum absolute atomic E-state index is 0. The summed E-state index contributed by atoms with van der Waals surface area (Å²) in [6.07, 6.45) is -2.77. The van der Waals surface area contributed by atoms with Gasteiger partial charge in [-0.15, -0.1) is 24.0 Å². The van der Waals surface area contributed by atoms with E-state index in [0.29, 0.717) is 24.5 Å². The van der Waals surface area contributed by atoms with Crippen LogP contribution in [0.3, 0.4) is 0 Å². The van der Waals surface area contributed by atoms with Crippen LogP contribution in [0.4, 0.5) is 13.2 Å². The van der Waals surface area contributed by atoms with E-state index in [1.54, 1.807) is 6.07 Å². The Morgan fingerprint density at radius 2 is 1.79 bits per heavy atom. The van der Waals surface area contributed by atoms with Gasteiger partial charge in [0.05, 0.1) is 17.9 Å². The highest BCUT2D eigenvalue weighted by molar-refractivity contribution is 14.0. The molecule has 0 heterocycles. The first-order valence-corrected chi connectivity index (χ1v) is 11.2. The molecule has 1 aromatic rings. The molecule has 0 spiro atoms. The van der Waals surface area contributed by atoms with Crippen molar-refractivity contribution >= 4 is 39.8 Å². The van der Waals surface area contributed by atoms with Crippen LogP contribution in [-0.4, -0.2) is 45.5 Å². The number of hydrogen-bond donors (Lipinski definition) is 2. The van der Waals surface area contributed by atoms with Crippen LogP contribution in [0.15, 0.2) is 29.3 Å². The molecule has 1 rings (SSSR count). The number of sulfone groups is 1. The molecule has 29 heavy (non-hydrogen) atoms. The van der Waals surface area contributed by atoms with Crippen molar-refractivity contribution < 1.29 is 21.6 Å². The third kappa shape index (κ3) is 10.5. The number of hydrogen-bond acceptors (Lipinski definition) is 3. The van der Waals surface area contributed by atoms with Crippen molar-refractivity contribution in [2.24, 2.45) is 4.99 Å². The number of guanidine groups is 1. The molecular weight excluding hydrogens is 518 g/mol. The molecule has 0 aliphatic carbocycles. The Morgan fingerprint density at radius 3 is 2.31 bits per heavy atom. The number of halogens is 4. The van der Waals surface area contributed by atoms with Gasteiger partial charge in [0.15, 0.2) is 5.96 Å². The quantitative estimate of drug-likeness (QED) is 0.293. The first-order chi connectivity index (χ1) is 12.7. The molecule has 0 aromatic heterocycles. The second-order valence-corrected chi connectivity index (χ2v) is 9.88. The van der Waals surface area contributed by atoms with E-state index in [2.05, 4.69) is 15.6 Å². The van der Waals surface area contributed by atoms with Crippen molar-refractivity contribution in [1.29, 1.82) is 0 Å². The number of rotatable bonds is 8. The third-order valence-corrected chi connectivity index (χ3v) is 5.23. The summed E-state index contributed by atoms with van der Waals surface area (Å²) in [4.78, 5) is 4.50. The minimum Gasteiger partial charge on any atom is -0.357 e. The van der Waals surface area contributed by atoms with Gasteiger partial charge < -0.3 is 10.6 Å². The maximum Gasteiger partial charge on any atom is 0.416 e. The Labute approximate surface area is 188 Å². The lowest BCUT2D eigenvalue weighted by atomic mass is 9.84. The van der Waals surface area contributed by atoms with Gasteiger partial charge in [-0.2, -0.15) is 13.2 Å². The number of nitrogens with one attached hydrogen (secondary N) is 2. The predicted octanol–water partition coefficient (Wildman–Crippen LogP) is 3.98. The lowest BCUT2D eigenvalue weighted by molar-refractivity contribution is -0.137. The third-order valence-electron chi connectivity index (χ3n) is 4.25. The van der Waals surface area contributed by atoms with Gasteiger partial charge in [0.1, 0.15) is 9.84 Å². The lowest BCUT2D eigenvalue weighted by Gasteiger charge is -2.25. The van der Waals surface area contributed by atoms with E-state index in [4.69, 9.17) is 0 Å². The summed E-state index contributed by atoms with van der Waals surface area (Å²) in [5.74, 6) is 0.569. The summed E-state index contributed by atoms with van der Waals surface area (Å²) in [7, 11) is -3.05. The molecule has 0 saturated heterocycles. The summed E-state index contributed by atoms with van der Waals surface area (Å²) in [6.45, 7) is 8.30. The first-order valence-electron chi connectivity index (χ1n) is 9.15. The van der Waals surface area contributed by atoms with Crippen molar-refractivity contribution in [1.82, 2.24) is 10.6 Å². The van der Waals surface area contributed by atoms with Crippen molar-refractivity contribution in [3.63, 3.8) is 0 Å². The van der Waals surface area contributed by atoms with Gasteiger partial charge in [-0.1, -0.05) is 32.0 Å². The van der Waals surface area contributed by atoms with Crippen LogP contribution < -0.4 is 10.6 Å². The van der Waals surface area contributed by atoms with Gasteiger partial charge in [0, 0.05) is 24.3 Å². The Morgan fingerprint density at radius 1 is 1.21 bits per heavy atom. The summed E-state index contributed by atoms with van der Waals surface area (Å²) in [5.41, 5.74) is -0.742. The molecule has 10 heteroatoms. The Balaban J connectivity index is 0.00000784. The number of benzene rings is 1. The molecule has 1 aromatic carbocycles. The average Bonchev–Trinajstić information content (AvgIpc) is 2.57. The molecule has 1 atom stereocenters. The second-order valence-electron chi connectivity index (χ2n) is 7.62. The fourth-order valence-electron chi connectivity index (χ4n) is 2.50. The van der Waals surface area contributed by atoms with Crippen molar-refractivity contribution in [3.8, 4) is 0 Å². The zero-order chi connectivity index (χ0) is 21.6. The highest BCUT2D eigenvalue weighted by Gasteiger charge is 2.32. The molecule has 1 unspecified atom stereocenters. The summed E-state index contributed by atoms with van der Waals surface area (Å²) < 4.78 is 61.6. The van der Waals surface area contributed by atoms with Gasteiger partial charge in [-0.3, -0.25) is 4.99 Å². The van der Waals surface area contributed by atoms with Crippen molar-refractivity contribution in [2.45, 2.75) is 51.7 Å². The molecule has 0 fully saturated rings. The van der Waals surface area contributed by atoms with E-state index in [0.717, 1.165) is 12.1 Å². The molecular formula is C19H31F3IN3O2S. The van der Waals surface area contributed by atoms with E-state index < -0.39 is 27.0 Å². The van der Waals surface area contributed by atoms with E-state index in [-0.39, 0.29) is 42.3 Å². The molecule has 0 aliphatic heterocycles. The number of nitrogens with zero attached hydrogens (tertiary/aromatic N) is 1. The topological polar surface area (TPSA) is 70.6 Å². The minimum atomic E-state index is -4.39. The van der Waals surface area contributed by atoms with Crippen LogP contribution in [0, 0.1) is 0 Å². The van der Waals surface area contributed by atoms with Crippen LogP contribution in [-0.2, 0) is 21.4 Å². The Hall–Kier alpha value is -1.04. The highest BCUT2D eigenvalue weighted by atomic mass is 127. The van der Waals surface area contributed by atoms with Gasteiger partial charge in [0.25, 0.3) is 0 Å². The SMILES string of the molecule is CCNC(=NCC(C)(C)c1cccc(C(F)(F)F)c1)NC(C)CCS(C)(=O)=O.I. The van der Waals surface area contributed by atoms with Crippen LogP contribution in [0.2, 0.25) is 0 Å². The first kappa shape index (κ1) is 28.0. The largest absolute Gasteiger partial charge is 0.416 e. The summed E-state index contributed by atoms with van der Waals surface area (Å²) in [6, 6.07) is 5.16.